The number of hydrogen-bond donors (Lipinski definition) is 0. The van der Waals surface area contributed by atoms with Crippen molar-refractivity contribution in [3.05, 3.63) is 12.7 Å². The van der Waals surface area contributed by atoms with Gasteiger partial charge in [0.2, 0.25) is 0 Å². The molecule has 0 aromatic heterocycles. The van der Waals surface area contributed by atoms with Gasteiger partial charge in [0, 0.05) is 12.6 Å². The molecule has 0 radical (unpaired) electrons. The molecule has 0 saturated heterocycles. The van der Waals surface area contributed by atoms with Gasteiger partial charge in [0.15, 0.2) is 0 Å². The topological polar surface area (TPSA) is 3.24 Å². The Bertz CT molecular complexity index is 94.7. The van der Waals surface area contributed by atoms with Crippen LogP contribution in [0.1, 0.15) is 19.8 Å². The maximum absolute atomic E-state index is 3.72. The molecule has 0 unspecified atom stereocenters. The molecule has 1 rings (SSSR count). The van der Waals surface area contributed by atoms with Crippen LogP contribution in [0, 0.1) is 0 Å². The number of likely N-dealkylation sites (N-methyl/N-ethyl adjacent to an activating group) is 1. The summed E-state index contributed by atoms with van der Waals surface area (Å²) >= 11 is 0. The van der Waals surface area contributed by atoms with Gasteiger partial charge in [-0.1, -0.05) is 13.0 Å². The summed E-state index contributed by atoms with van der Waals surface area (Å²) in [6, 6.07) is 0.896. The van der Waals surface area contributed by atoms with E-state index in [1.807, 2.05) is 6.08 Å². The zero-order valence-electron chi connectivity index (χ0n) is 6.14. The lowest BCUT2D eigenvalue weighted by molar-refractivity contribution is 0.309. The molecule has 1 aliphatic carbocycles. The van der Waals surface area contributed by atoms with Crippen molar-refractivity contribution in [1.82, 2.24) is 4.90 Å². The molecule has 0 atom stereocenters. The highest BCUT2D eigenvalue weighted by Crippen LogP contribution is 2.25. The van der Waals surface area contributed by atoms with Crippen molar-refractivity contribution < 1.29 is 0 Å². The monoisotopic (exact) mass is 125 g/mol. The fourth-order valence-electron chi connectivity index (χ4n) is 1.14. The third-order valence-electron chi connectivity index (χ3n) is 1.83. The highest BCUT2D eigenvalue weighted by Gasteiger charge is 2.26. The summed E-state index contributed by atoms with van der Waals surface area (Å²) in [4.78, 5) is 2.47. The van der Waals surface area contributed by atoms with Gasteiger partial charge < -0.3 is 0 Å². The third kappa shape index (κ3) is 1.83. The first kappa shape index (κ1) is 6.81. The maximum atomic E-state index is 3.72. The summed E-state index contributed by atoms with van der Waals surface area (Å²) in [6.07, 6.45) is 4.80. The standard InChI is InChI=1S/C8H15N/c1-3-7-9(4-2)8-5-6-8/h3,8H,1,4-7H2,2H3. The summed E-state index contributed by atoms with van der Waals surface area (Å²) in [5, 5.41) is 0. The fourth-order valence-corrected chi connectivity index (χ4v) is 1.14. The molecule has 0 aromatic carbocycles. The van der Waals surface area contributed by atoms with Gasteiger partial charge in [-0.25, -0.2) is 0 Å². The highest BCUT2D eigenvalue weighted by atomic mass is 15.2. The number of rotatable bonds is 4. The second kappa shape index (κ2) is 3.02. The van der Waals surface area contributed by atoms with E-state index in [1.165, 1.54) is 19.4 Å². The van der Waals surface area contributed by atoms with Crippen molar-refractivity contribution in [3.8, 4) is 0 Å². The molecule has 0 aromatic rings. The highest BCUT2D eigenvalue weighted by molar-refractivity contribution is 4.87. The van der Waals surface area contributed by atoms with Crippen molar-refractivity contribution in [2.75, 3.05) is 13.1 Å². The van der Waals surface area contributed by atoms with Gasteiger partial charge in [-0.15, -0.1) is 6.58 Å². The van der Waals surface area contributed by atoms with Gasteiger partial charge in [0.1, 0.15) is 0 Å². The van der Waals surface area contributed by atoms with E-state index >= 15 is 0 Å². The predicted molar refractivity (Wildman–Crippen MR) is 40.5 cm³/mol. The van der Waals surface area contributed by atoms with Crippen LogP contribution in [-0.2, 0) is 0 Å². The van der Waals surface area contributed by atoms with Crippen LogP contribution < -0.4 is 0 Å². The van der Waals surface area contributed by atoms with Crippen LogP contribution >= 0.6 is 0 Å². The Balaban J connectivity index is 2.20. The van der Waals surface area contributed by atoms with Gasteiger partial charge in [-0.3, -0.25) is 4.90 Å². The zero-order chi connectivity index (χ0) is 6.69. The molecule has 0 N–H and O–H groups in total. The van der Waals surface area contributed by atoms with Gasteiger partial charge in [0.25, 0.3) is 0 Å². The number of hydrogen-bond acceptors (Lipinski definition) is 1. The molecule has 0 bridgehead atoms. The molecule has 0 amide bonds. The van der Waals surface area contributed by atoms with Crippen LogP contribution in [0.2, 0.25) is 0 Å². The lowest BCUT2D eigenvalue weighted by atomic mass is 10.4. The normalized spacial score (nSPS) is 18.4. The SMILES string of the molecule is C=CCN(CC)C1CC1. The largest absolute Gasteiger partial charge is 0.297 e. The summed E-state index contributed by atoms with van der Waals surface area (Å²) in [5.41, 5.74) is 0. The van der Waals surface area contributed by atoms with E-state index in [4.69, 9.17) is 0 Å². The molecule has 9 heavy (non-hydrogen) atoms. The van der Waals surface area contributed by atoms with E-state index < -0.39 is 0 Å². The lowest BCUT2D eigenvalue weighted by Gasteiger charge is -2.16. The first-order chi connectivity index (χ1) is 4.38. The Kier molecular flexibility index (Phi) is 2.29. The van der Waals surface area contributed by atoms with E-state index in [0.29, 0.717) is 0 Å². The average molecular weight is 125 g/mol. The molecule has 0 heterocycles. The molecule has 1 heteroatoms. The lowest BCUT2D eigenvalue weighted by Crippen LogP contribution is -2.25. The van der Waals surface area contributed by atoms with Crippen LogP contribution in [0.3, 0.4) is 0 Å². The van der Waals surface area contributed by atoms with Crippen LogP contribution in [0.25, 0.3) is 0 Å². The Labute approximate surface area is 57.4 Å². The van der Waals surface area contributed by atoms with Gasteiger partial charge in [0.05, 0.1) is 0 Å². The van der Waals surface area contributed by atoms with Crippen molar-refractivity contribution in [2.24, 2.45) is 0 Å². The van der Waals surface area contributed by atoms with E-state index in [-0.39, 0.29) is 0 Å². The first-order valence-corrected chi connectivity index (χ1v) is 3.73. The molecule has 52 valence electrons. The van der Waals surface area contributed by atoms with E-state index in [2.05, 4.69) is 18.4 Å². The Morgan fingerprint density at radius 2 is 2.33 bits per heavy atom. The third-order valence-corrected chi connectivity index (χ3v) is 1.83. The van der Waals surface area contributed by atoms with Crippen LogP contribution in [0.15, 0.2) is 12.7 Å². The van der Waals surface area contributed by atoms with Gasteiger partial charge in [-0.2, -0.15) is 0 Å². The van der Waals surface area contributed by atoms with E-state index in [1.54, 1.807) is 0 Å². The molecular formula is C8H15N. The Morgan fingerprint density at radius 1 is 1.67 bits per heavy atom. The Hall–Kier alpha value is -0.300. The quantitative estimate of drug-likeness (QED) is 0.516. The first-order valence-electron chi connectivity index (χ1n) is 3.73. The number of nitrogens with zero attached hydrogens (tertiary/aromatic N) is 1. The minimum Gasteiger partial charge on any atom is -0.297 e. The summed E-state index contributed by atoms with van der Waals surface area (Å²) in [6.45, 7) is 8.17. The second-order valence-corrected chi connectivity index (χ2v) is 2.61. The molecule has 1 aliphatic rings. The maximum Gasteiger partial charge on any atom is 0.0163 e. The van der Waals surface area contributed by atoms with Crippen LogP contribution in [-0.4, -0.2) is 24.0 Å². The van der Waals surface area contributed by atoms with E-state index in [9.17, 15) is 0 Å². The average Bonchev–Trinajstić information content (AvgIpc) is 2.64. The molecule has 1 saturated carbocycles. The van der Waals surface area contributed by atoms with Crippen LogP contribution in [0.5, 0.6) is 0 Å². The molecule has 0 spiro atoms. The smallest absolute Gasteiger partial charge is 0.0163 e. The van der Waals surface area contributed by atoms with Crippen molar-refractivity contribution in [1.29, 1.82) is 0 Å². The Morgan fingerprint density at radius 3 is 2.67 bits per heavy atom. The molecule has 1 nitrogen and oxygen atoms in total. The second-order valence-electron chi connectivity index (χ2n) is 2.61. The zero-order valence-corrected chi connectivity index (χ0v) is 6.14. The minimum atomic E-state index is 0.896. The summed E-state index contributed by atoms with van der Waals surface area (Å²) < 4.78 is 0. The fraction of sp³-hybridized carbons (Fsp3) is 0.750. The van der Waals surface area contributed by atoms with Crippen molar-refractivity contribution >= 4 is 0 Å². The van der Waals surface area contributed by atoms with Crippen molar-refractivity contribution in [2.45, 2.75) is 25.8 Å². The molecule has 0 aliphatic heterocycles. The molecular weight excluding hydrogens is 110 g/mol. The van der Waals surface area contributed by atoms with Crippen LogP contribution in [0.4, 0.5) is 0 Å². The van der Waals surface area contributed by atoms with Crippen molar-refractivity contribution in [3.63, 3.8) is 0 Å². The van der Waals surface area contributed by atoms with E-state index in [0.717, 1.165) is 12.6 Å². The summed E-state index contributed by atoms with van der Waals surface area (Å²) in [5.74, 6) is 0. The van der Waals surface area contributed by atoms with Gasteiger partial charge in [-0.05, 0) is 19.4 Å². The minimum absolute atomic E-state index is 0.896. The van der Waals surface area contributed by atoms with Gasteiger partial charge >= 0.3 is 0 Å². The summed E-state index contributed by atoms with van der Waals surface area (Å²) in [7, 11) is 0. The molecule has 1 fully saturated rings. The predicted octanol–water partition coefficient (Wildman–Crippen LogP) is 1.66.